The van der Waals surface area contributed by atoms with Crippen LogP contribution < -0.4 is 4.74 Å². The van der Waals surface area contributed by atoms with Crippen LogP contribution >= 0.6 is 15.9 Å². The molecule has 82 valence electrons. The van der Waals surface area contributed by atoms with Gasteiger partial charge in [-0.25, -0.2) is 9.97 Å². The van der Waals surface area contributed by atoms with Gasteiger partial charge < -0.3 is 4.74 Å². The number of nitrogens with zero attached hydrogens (tertiary/aromatic N) is 3. The van der Waals surface area contributed by atoms with E-state index < -0.39 is 0 Å². The van der Waals surface area contributed by atoms with Gasteiger partial charge in [0, 0.05) is 6.20 Å². The van der Waals surface area contributed by atoms with Gasteiger partial charge in [0.1, 0.15) is 21.9 Å². The summed E-state index contributed by atoms with van der Waals surface area (Å²) >= 11 is 3.34. The fraction of sp³-hybridized carbons (Fsp3) is 0.182. The topological polar surface area (TPSA) is 47.9 Å². The normalized spacial score (nSPS) is 10.2. The van der Waals surface area contributed by atoms with Gasteiger partial charge in [0.25, 0.3) is 0 Å². The van der Waals surface area contributed by atoms with Crippen molar-refractivity contribution in [1.82, 2.24) is 15.0 Å². The molecular weight excluding hydrogens is 270 g/mol. The van der Waals surface area contributed by atoms with Crippen molar-refractivity contribution >= 4 is 15.9 Å². The molecule has 0 aliphatic rings. The Labute approximate surface area is 102 Å². The molecule has 2 heterocycles. The van der Waals surface area contributed by atoms with Crippen LogP contribution in [0.1, 0.15) is 5.82 Å². The van der Waals surface area contributed by atoms with Crippen LogP contribution in [0.5, 0.6) is 5.75 Å². The van der Waals surface area contributed by atoms with E-state index in [0.717, 1.165) is 16.0 Å². The summed E-state index contributed by atoms with van der Waals surface area (Å²) in [7, 11) is 1.61. The average Bonchev–Trinajstić information content (AvgIpc) is 2.27. The Hall–Kier alpha value is -1.49. The van der Waals surface area contributed by atoms with Crippen molar-refractivity contribution in [2.75, 3.05) is 7.11 Å². The van der Waals surface area contributed by atoms with Crippen molar-refractivity contribution in [3.05, 3.63) is 34.8 Å². The molecule has 0 aliphatic carbocycles. The predicted molar refractivity (Wildman–Crippen MR) is 64.3 cm³/mol. The van der Waals surface area contributed by atoms with Crippen LogP contribution in [0.15, 0.2) is 29.0 Å². The Kier molecular flexibility index (Phi) is 3.14. The van der Waals surface area contributed by atoms with E-state index in [0.29, 0.717) is 11.6 Å². The Balaban J connectivity index is 2.58. The van der Waals surface area contributed by atoms with Gasteiger partial charge in [0.15, 0.2) is 0 Å². The second-order valence-corrected chi connectivity index (χ2v) is 3.99. The molecule has 2 aromatic heterocycles. The van der Waals surface area contributed by atoms with Crippen molar-refractivity contribution in [2.45, 2.75) is 6.92 Å². The van der Waals surface area contributed by atoms with Crippen LogP contribution in [-0.2, 0) is 0 Å². The number of hydrogen-bond acceptors (Lipinski definition) is 4. The molecular formula is C11H10BrN3O. The van der Waals surface area contributed by atoms with Gasteiger partial charge >= 0.3 is 0 Å². The van der Waals surface area contributed by atoms with E-state index in [1.165, 1.54) is 0 Å². The summed E-state index contributed by atoms with van der Waals surface area (Å²) in [5, 5.41) is 0. The number of halogens is 1. The summed E-state index contributed by atoms with van der Waals surface area (Å²) in [6.07, 6.45) is 1.71. The van der Waals surface area contributed by atoms with Gasteiger partial charge in [0.2, 0.25) is 0 Å². The lowest BCUT2D eigenvalue weighted by molar-refractivity contribution is 0.414. The fourth-order valence-electron chi connectivity index (χ4n) is 1.40. The number of hydrogen-bond donors (Lipinski definition) is 0. The minimum Gasteiger partial charge on any atom is -0.494 e. The third-order valence-corrected chi connectivity index (χ3v) is 2.45. The van der Waals surface area contributed by atoms with Crippen molar-refractivity contribution in [3.63, 3.8) is 0 Å². The lowest BCUT2D eigenvalue weighted by Gasteiger charge is -2.06. The van der Waals surface area contributed by atoms with Crippen molar-refractivity contribution in [3.8, 4) is 17.1 Å². The van der Waals surface area contributed by atoms with Gasteiger partial charge in [-0.1, -0.05) is 0 Å². The molecule has 0 unspecified atom stereocenters. The first kappa shape index (κ1) is 11.0. The summed E-state index contributed by atoms with van der Waals surface area (Å²) in [6.45, 7) is 1.84. The second-order valence-electron chi connectivity index (χ2n) is 3.18. The van der Waals surface area contributed by atoms with E-state index in [4.69, 9.17) is 4.74 Å². The van der Waals surface area contributed by atoms with Gasteiger partial charge in [-0.15, -0.1) is 0 Å². The molecule has 0 radical (unpaired) electrons. The van der Waals surface area contributed by atoms with Crippen molar-refractivity contribution in [2.24, 2.45) is 0 Å². The molecule has 0 fully saturated rings. The second kappa shape index (κ2) is 4.57. The van der Waals surface area contributed by atoms with E-state index in [1.807, 2.05) is 25.1 Å². The molecule has 0 atom stereocenters. The zero-order chi connectivity index (χ0) is 11.5. The third kappa shape index (κ3) is 2.19. The van der Waals surface area contributed by atoms with Crippen LogP contribution in [0.25, 0.3) is 11.4 Å². The minimum atomic E-state index is 0.692. The SMILES string of the molecule is COc1cccnc1-c1cc(Br)nc(C)n1. The van der Waals surface area contributed by atoms with Gasteiger partial charge in [-0.3, -0.25) is 4.98 Å². The highest BCUT2D eigenvalue weighted by Crippen LogP contribution is 2.26. The number of ether oxygens (including phenoxy) is 1. The van der Waals surface area contributed by atoms with Gasteiger partial charge in [0.05, 0.1) is 12.8 Å². The monoisotopic (exact) mass is 279 g/mol. The molecule has 5 heteroatoms. The van der Waals surface area contributed by atoms with Crippen LogP contribution in [0.4, 0.5) is 0 Å². The van der Waals surface area contributed by atoms with Crippen LogP contribution in [0, 0.1) is 6.92 Å². The highest BCUT2D eigenvalue weighted by atomic mass is 79.9. The highest BCUT2D eigenvalue weighted by molar-refractivity contribution is 9.10. The van der Waals surface area contributed by atoms with E-state index in [-0.39, 0.29) is 0 Å². The average molecular weight is 280 g/mol. The Morgan fingerprint density at radius 3 is 2.81 bits per heavy atom. The summed E-state index contributed by atoms with van der Waals surface area (Å²) in [6, 6.07) is 5.50. The molecule has 0 saturated carbocycles. The van der Waals surface area contributed by atoms with E-state index in [1.54, 1.807) is 13.3 Å². The molecule has 0 N–H and O–H groups in total. The van der Waals surface area contributed by atoms with E-state index >= 15 is 0 Å². The molecule has 0 bridgehead atoms. The highest BCUT2D eigenvalue weighted by Gasteiger charge is 2.09. The summed E-state index contributed by atoms with van der Waals surface area (Å²) in [5.74, 6) is 1.39. The van der Waals surface area contributed by atoms with E-state index in [2.05, 4.69) is 30.9 Å². The first-order valence-corrected chi connectivity index (χ1v) is 5.50. The van der Waals surface area contributed by atoms with Crippen LogP contribution in [-0.4, -0.2) is 22.1 Å². The smallest absolute Gasteiger partial charge is 0.146 e. The maximum absolute atomic E-state index is 5.24. The zero-order valence-electron chi connectivity index (χ0n) is 8.94. The molecule has 0 aromatic carbocycles. The Morgan fingerprint density at radius 1 is 1.31 bits per heavy atom. The van der Waals surface area contributed by atoms with Crippen molar-refractivity contribution in [1.29, 1.82) is 0 Å². The molecule has 0 amide bonds. The van der Waals surface area contributed by atoms with E-state index in [9.17, 15) is 0 Å². The molecule has 2 aromatic rings. The maximum atomic E-state index is 5.24. The summed E-state index contributed by atoms with van der Waals surface area (Å²) in [5.41, 5.74) is 1.47. The zero-order valence-corrected chi connectivity index (χ0v) is 10.5. The first-order chi connectivity index (χ1) is 7.70. The van der Waals surface area contributed by atoms with Crippen LogP contribution in [0.2, 0.25) is 0 Å². The maximum Gasteiger partial charge on any atom is 0.146 e. The number of pyridine rings is 1. The van der Waals surface area contributed by atoms with Gasteiger partial charge in [-0.2, -0.15) is 0 Å². The Morgan fingerprint density at radius 2 is 2.12 bits per heavy atom. The quantitative estimate of drug-likeness (QED) is 0.793. The molecule has 16 heavy (non-hydrogen) atoms. The minimum absolute atomic E-state index is 0.692. The van der Waals surface area contributed by atoms with Gasteiger partial charge in [-0.05, 0) is 41.1 Å². The number of rotatable bonds is 2. The molecule has 0 aliphatic heterocycles. The fourth-order valence-corrected chi connectivity index (χ4v) is 1.87. The number of aryl methyl sites for hydroxylation is 1. The lowest BCUT2D eigenvalue weighted by Crippen LogP contribution is -1.96. The van der Waals surface area contributed by atoms with Crippen molar-refractivity contribution < 1.29 is 4.74 Å². The third-order valence-electron chi connectivity index (χ3n) is 2.04. The summed E-state index contributed by atoms with van der Waals surface area (Å²) in [4.78, 5) is 12.7. The largest absolute Gasteiger partial charge is 0.494 e. The van der Waals surface area contributed by atoms with Crippen LogP contribution in [0.3, 0.4) is 0 Å². The predicted octanol–water partition coefficient (Wildman–Crippen LogP) is 2.62. The summed E-state index contributed by atoms with van der Waals surface area (Å²) < 4.78 is 5.98. The lowest BCUT2D eigenvalue weighted by atomic mass is 10.2. The Bertz CT molecular complexity index is 496. The molecule has 0 spiro atoms. The number of methoxy groups -OCH3 is 1. The number of aromatic nitrogens is 3. The molecule has 0 saturated heterocycles. The molecule has 4 nitrogen and oxygen atoms in total. The first-order valence-electron chi connectivity index (χ1n) is 4.71. The molecule has 2 rings (SSSR count). The standard InChI is InChI=1S/C11H10BrN3O/c1-7-14-8(6-10(12)15-7)11-9(16-2)4-3-5-13-11/h3-6H,1-2H3.